The van der Waals surface area contributed by atoms with Gasteiger partial charge in [-0.05, 0) is 48.9 Å². The van der Waals surface area contributed by atoms with Gasteiger partial charge in [0.15, 0.2) is 0 Å². The highest BCUT2D eigenvalue weighted by Crippen LogP contribution is 2.66. The standard InChI is InChI=1S/C14H23NO2/c1-9(16)15-14-6-10-4-12(2,7-14)11(17)13(3,5-10)8-14/h10-11,17H,4-8H2,1-3H3,(H,15,16). The quantitative estimate of drug-likeness (QED) is 0.731. The first-order chi connectivity index (χ1) is 7.77. The number of aliphatic hydroxyl groups excluding tert-OH is 1. The molecule has 0 aliphatic heterocycles. The molecule has 0 aromatic heterocycles. The topological polar surface area (TPSA) is 49.3 Å². The predicted molar refractivity (Wildman–Crippen MR) is 65.3 cm³/mol. The smallest absolute Gasteiger partial charge is 0.217 e. The van der Waals surface area contributed by atoms with Crippen LogP contribution in [0.15, 0.2) is 0 Å². The molecule has 2 atom stereocenters. The van der Waals surface area contributed by atoms with Gasteiger partial charge in [-0.25, -0.2) is 0 Å². The van der Waals surface area contributed by atoms with Crippen molar-refractivity contribution < 1.29 is 9.90 Å². The zero-order valence-electron chi connectivity index (χ0n) is 11.0. The molecule has 0 heterocycles. The van der Waals surface area contributed by atoms with Crippen molar-refractivity contribution in [2.75, 3.05) is 0 Å². The summed E-state index contributed by atoms with van der Waals surface area (Å²) in [4.78, 5) is 11.4. The zero-order chi connectivity index (χ0) is 12.5. The van der Waals surface area contributed by atoms with Gasteiger partial charge in [0.05, 0.1) is 6.10 Å². The third-order valence-electron chi connectivity index (χ3n) is 5.44. The first-order valence-corrected chi connectivity index (χ1v) is 6.74. The first kappa shape index (κ1) is 11.5. The van der Waals surface area contributed by atoms with E-state index in [0.29, 0.717) is 5.92 Å². The molecule has 4 saturated carbocycles. The van der Waals surface area contributed by atoms with E-state index in [1.54, 1.807) is 6.92 Å². The Bertz CT molecular complexity index is 358. The predicted octanol–water partition coefficient (Wildman–Crippen LogP) is 1.84. The van der Waals surface area contributed by atoms with E-state index in [4.69, 9.17) is 0 Å². The van der Waals surface area contributed by atoms with Gasteiger partial charge in [0, 0.05) is 12.5 Å². The van der Waals surface area contributed by atoms with Crippen LogP contribution >= 0.6 is 0 Å². The Morgan fingerprint density at radius 2 is 1.71 bits per heavy atom. The van der Waals surface area contributed by atoms with E-state index in [0.717, 1.165) is 32.1 Å². The molecule has 4 fully saturated rings. The van der Waals surface area contributed by atoms with Gasteiger partial charge in [-0.2, -0.15) is 0 Å². The number of hydrogen-bond acceptors (Lipinski definition) is 2. The van der Waals surface area contributed by atoms with Crippen LogP contribution < -0.4 is 5.32 Å². The van der Waals surface area contributed by atoms with Crippen molar-refractivity contribution in [3.05, 3.63) is 0 Å². The molecule has 0 radical (unpaired) electrons. The molecule has 4 rings (SSSR count). The van der Waals surface area contributed by atoms with Crippen molar-refractivity contribution >= 4 is 5.91 Å². The Hall–Kier alpha value is -0.570. The minimum Gasteiger partial charge on any atom is -0.392 e. The lowest BCUT2D eigenvalue weighted by molar-refractivity contribution is -0.206. The molecule has 4 aliphatic rings. The van der Waals surface area contributed by atoms with Crippen LogP contribution in [0.2, 0.25) is 0 Å². The lowest BCUT2D eigenvalue weighted by Crippen LogP contribution is -2.70. The average molecular weight is 237 g/mol. The van der Waals surface area contributed by atoms with Gasteiger partial charge in [-0.15, -0.1) is 0 Å². The zero-order valence-corrected chi connectivity index (χ0v) is 11.0. The molecule has 3 nitrogen and oxygen atoms in total. The van der Waals surface area contributed by atoms with Gasteiger partial charge in [0.1, 0.15) is 0 Å². The fourth-order valence-corrected chi connectivity index (χ4v) is 5.76. The lowest BCUT2D eigenvalue weighted by atomic mass is 9.41. The van der Waals surface area contributed by atoms with Crippen molar-refractivity contribution in [1.29, 1.82) is 0 Å². The van der Waals surface area contributed by atoms with Gasteiger partial charge in [-0.1, -0.05) is 13.8 Å². The minimum absolute atomic E-state index is 0.0105. The fourth-order valence-electron chi connectivity index (χ4n) is 5.76. The van der Waals surface area contributed by atoms with Gasteiger partial charge >= 0.3 is 0 Å². The second-order valence-electron chi connectivity index (χ2n) is 7.50. The highest BCUT2D eigenvalue weighted by Gasteiger charge is 2.65. The van der Waals surface area contributed by atoms with Crippen LogP contribution in [0, 0.1) is 16.7 Å². The Balaban J connectivity index is 1.99. The maximum absolute atomic E-state index is 11.4. The number of carbonyl (C=O) groups is 1. The molecule has 2 N–H and O–H groups in total. The second-order valence-corrected chi connectivity index (χ2v) is 7.50. The van der Waals surface area contributed by atoms with Gasteiger partial charge in [0.25, 0.3) is 0 Å². The van der Waals surface area contributed by atoms with Crippen molar-refractivity contribution in [2.24, 2.45) is 16.7 Å². The Labute approximate surface area is 103 Å². The van der Waals surface area contributed by atoms with E-state index in [1.807, 2.05) is 0 Å². The molecule has 3 heteroatoms. The Kier molecular flexibility index (Phi) is 2.07. The summed E-state index contributed by atoms with van der Waals surface area (Å²) < 4.78 is 0. The van der Waals surface area contributed by atoms with Gasteiger partial charge < -0.3 is 10.4 Å². The molecule has 4 bridgehead atoms. The van der Waals surface area contributed by atoms with E-state index in [1.165, 1.54) is 0 Å². The van der Waals surface area contributed by atoms with Crippen LogP contribution in [-0.4, -0.2) is 22.7 Å². The normalized spacial score (nSPS) is 56.0. The second kappa shape index (κ2) is 3.05. The number of aliphatic hydroxyl groups is 1. The fraction of sp³-hybridized carbons (Fsp3) is 0.929. The third-order valence-corrected chi connectivity index (χ3v) is 5.44. The molecule has 1 amide bonds. The molecule has 0 spiro atoms. The summed E-state index contributed by atoms with van der Waals surface area (Å²) >= 11 is 0. The number of rotatable bonds is 1. The molecular formula is C14H23NO2. The lowest BCUT2D eigenvalue weighted by Gasteiger charge is -2.67. The number of hydrogen-bond donors (Lipinski definition) is 2. The van der Waals surface area contributed by atoms with Crippen LogP contribution in [0.4, 0.5) is 0 Å². The number of nitrogens with one attached hydrogen (secondary N) is 1. The monoisotopic (exact) mass is 237 g/mol. The molecule has 0 aromatic carbocycles. The highest BCUT2D eigenvalue weighted by atomic mass is 16.3. The molecule has 0 aromatic rings. The molecule has 17 heavy (non-hydrogen) atoms. The number of carbonyl (C=O) groups excluding carboxylic acids is 1. The van der Waals surface area contributed by atoms with Gasteiger partial charge in [-0.3, -0.25) is 4.79 Å². The third kappa shape index (κ3) is 1.48. The van der Waals surface area contributed by atoms with Crippen LogP contribution in [0.5, 0.6) is 0 Å². The Morgan fingerprint density at radius 3 is 2.18 bits per heavy atom. The summed E-state index contributed by atoms with van der Waals surface area (Å²) in [6.45, 7) is 6.02. The highest BCUT2D eigenvalue weighted by molar-refractivity contribution is 5.74. The van der Waals surface area contributed by atoms with Crippen molar-refractivity contribution in [1.82, 2.24) is 5.32 Å². The maximum atomic E-state index is 11.4. The van der Waals surface area contributed by atoms with Crippen molar-refractivity contribution in [2.45, 2.75) is 64.5 Å². The summed E-state index contributed by atoms with van der Waals surface area (Å²) in [6, 6.07) is 0. The van der Waals surface area contributed by atoms with Gasteiger partial charge in [0.2, 0.25) is 5.91 Å². The molecule has 0 saturated heterocycles. The van der Waals surface area contributed by atoms with Crippen LogP contribution in [0.1, 0.15) is 52.9 Å². The largest absolute Gasteiger partial charge is 0.392 e. The Morgan fingerprint density at radius 1 is 1.18 bits per heavy atom. The van der Waals surface area contributed by atoms with E-state index in [-0.39, 0.29) is 28.4 Å². The first-order valence-electron chi connectivity index (χ1n) is 6.74. The summed E-state index contributed by atoms with van der Waals surface area (Å²) in [5.41, 5.74) is -0.0109. The summed E-state index contributed by atoms with van der Waals surface area (Å²) in [5, 5.41) is 13.8. The van der Waals surface area contributed by atoms with E-state index in [2.05, 4.69) is 19.2 Å². The SMILES string of the molecule is CC(=O)NC12CC3CC(C)(C1)C(O)C(C)(C3)C2. The minimum atomic E-state index is -0.201. The molecule has 2 unspecified atom stereocenters. The average Bonchev–Trinajstić information content (AvgIpc) is 2.09. The van der Waals surface area contributed by atoms with Crippen LogP contribution in [0.25, 0.3) is 0 Å². The van der Waals surface area contributed by atoms with Crippen LogP contribution in [0.3, 0.4) is 0 Å². The van der Waals surface area contributed by atoms with E-state index < -0.39 is 0 Å². The van der Waals surface area contributed by atoms with Crippen molar-refractivity contribution in [3.63, 3.8) is 0 Å². The molecular weight excluding hydrogens is 214 g/mol. The summed E-state index contributed by atoms with van der Waals surface area (Å²) in [7, 11) is 0. The van der Waals surface area contributed by atoms with E-state index in [9.17, 15) is 9.90 Å². The van der Waals surface area contributed by atoms with Crippen LogP contribution in [-0.2, 0) is 4.79 Å². The summed E-state index contributed by atoms with van der Waals surface area (Å²) in [6.07, 6.45) is 5.08. The molecule has 96 valence electrons. The van der Waals surface area contributed by atoms with E-state index >= 15 is 0 Å². The maximum Gasteiger partial charge on any atom is 0.217 e. The van der Waals surface area contributed by atoms with Crippen molar-refractivity contribution in [3.8, 4) is 0 Å². The number of amides is 1. The molecule has 4 aliphatic carbocycles. The summed E-state index contributed by atoms with van der Waals surface area (Å²) in [5.74, 6) is 0.761.